The summed E-state index contributed by atoms with van der Waals surface area (Å²) in [5.74, 6) is 0.547. The van der Waals surface area contributed by atoms with E-state index in [1.807, 2.05) is 32.0 Å². The van der Waals surface area contributed by atoms with Gasteiger partial charge in [-0.2, -0.15) is 0 Å². The lowest BCUT2D eigenvalue weighted by Crippen LogP contribution is -2.21. The molecule has 3 aromatic rings. The minimum absolute atomic E-state index is 0.0794. The monoisotopic (exact) mass is 407 g/mol. The number of nitrogens with zero attached hydrogens (tertiary/aromatic N) is 3. The van der Waals surface area contributed by atoms with Gasteiger partial charge in [0.2, 0.25) is 12.7 Å². The van der Waals surface area contributed by atoms with E-state index in [-0.39, 0.29) is 30.8 Å². The second kappa shape index (κ2) is 7.86. The summed E-state index contributed by atoms with van der Waals surface area (Å²) in [7, 11) is 0. The van der Waals surface area contributed by atoms with Crippen molar-refractivity contribution in [1.82, 2.24) is 15.0 Å². The van der Waals surface area contributed by atoms with E-state index in [1.165, 1.54) is 4.68 Å². The lowest BCUT2D eigenvalue weighted by atomic mass is 10.1. The van der Waals surface area contributed by atoms with Crippen LogP contribution in [0.2, 0.25) is 0 Å². The first-order valence-corrected chi connectivity index (χ1v) is 9.39. The molecule has 0 unspecified atom stereocenters. The minimum Gasteiger partial charge on any atom is -0.454 e. The summed E-state index contributed by atoms with van der Waals surface area (Å²) >= 11 is 0. The predicted molar refractivity (Wildman–Crippen MR) is 110 cm³/mol. The Morgan fingerprint density at radius 3 is 2.53 bits per heavy atom. The largest absolute Gasteiger partial charge is 0.454 e. The second-order valence-electron chi connectivity index (χ2n) is 7.02. The number of benzene rings is 2. The van der Waals surface area contributed by atoms with Crippen LogP contribution in [0.3, 0.4) is 0 Å². The molecule has 0 atom stereocenters. The van der Waals surface area contributed by atoms with Crippen LogP contribution < -0.4 is 20.1 Å². The van der Waals surface area contributed by atoms with Crippen LogP contribution >= 0.6 is 0 Å². The summed E-state index contributed by atoms with van der Waals surface area (Å²) in [5.41, 5.74) is 3.91. The van der Waals surface area contributed by atoms with Crippen molar-refractivity contribution in [1.29, 1.82) is 0 Å². The van der Waals surface area contributed by atoms with Gasteiger partial charge >= 0.3 is 0 Å². The van der Waals surface area contributed by atoms with Crippen LogP contribution in [0, 0.1) is 20.8 Å². The maximum atomic E-state index is 12.7. The number of aryl methyl sites for hydroxylation is 2. The molecule has 1 aliphatic heterocycles. The van der Waals surface area contributed by atoms with E-state index < -0.39 is 0 Å². The quantitative estimate of drug-likeness (QED) is 0.673. The summed E-state index contributed by atoms with van der Waals surface area (Å²) in [6.07, 6.45) is 0. The number of nitrogens with one attached hydrogen (secondary N) is 2. The van der Waals surface area contributed by atoms with Gasteiger partial charge in [0.15, 0.2) is 17.2 Å². The number of hydrogen-bond donors (Lipinski definition) is 2. The van der Waals surface area contributed by atoms with Gasteiger partial charge in [0, 0.05) is 17.4 Å². The highest BCUT2D eigenvalue weighted by molar-refractivity contribution is 6.04. The molecule has 0 radical (unpaired) electrons. The lowest BCUT2D eigenvalue weighted by molar-refractivity contribution is -0.117. The maximum Gasteiger partial charge on any atom is 0.278 e. The predicted octanol–water partition coefficient (Wildman–Crippen LogP) is 2.82. The van der Waals surface area contributed by atoms with Gasteiger partial charge in [0.1, 0.15) is 6.54 Å². The van der Waals surface area contributed by atoms with Gasteiger partial charge in [0.05, 0.1) is 5.69 Å². The molecular formula is C21H21N5O4. The number of fused-ring (bicyclic) bond motifs is 1. The average Bonchev–Trinajstić information content (AvgIpc) is 3.31. The smallest absolute Gasteiger partial charge is 0.278 e. The molecule has 0 aliphatic carbocycles. The van der Waals surface area contributed by atoms with E-state index in [2.05, 4.69) is 20.9 Å². The Balaban J connectivity index is 1.44. The van der Waals surface area contributed by atoms with Crippen molar-refractivity contribution < 1.29 is 19.1 Å². The van der Waals surface area contributed by atoms with E-state index in [9.17, 15) is 9.59 Å². The Morgan fingerprint density at radius 1 is 1.03 bits per heavy atom. The molecule has 0 spiro atoms. The fourth-order valence-corrected chi connectivity index (χ4v) is 3.22. The molecule has 2 amide bonds. The highest BCUT2D eigenvalue weighted by atomic mass is 16.7. The zero-order valence-electron chi connectivity index (χ0n) is 16.9. The van der Waals surface area contributed by atoms with Gasteiger partial charge in [-0.05, 0) is 44.0 Å². The highest BCUT2D eigenvalue weighted by Crippen LogP contribution is 2.34. The van der Waals surface area contributed by atoms with Gasteiger partial charge < -0.3 is 20.1 Å². The number of amides is 2. The summed E-state index contributed by atoms with van der Waals surface area (Å²) in [5, 5.41) is 13.6. The third kappa shape index (κ3) is 3.82. The molecule has 0 saturated carbocycles. The molecule has 9 heteroatoms. The normalized spacial score (nSPS) is 12.0. The summed E-state index contributed by atoms with van der Waals surface area (Å²) < 4.78 is 12.0. The van der Waals surface area contributed by atoms with E-state index in [0.29, 0.717) is 22.9 Å². The first-order valence-electron chi connectivity index (χ1n) is 9.39. The Bertz CT molecular complexity index is 1120. The minimum atomic E-state index is -0.368. The van der Waals surface area contributed by atoms with Crippen molar-refractivity contribution in [3.8, 4) is 11.5 Å². The molecule has 30 heavy (non-hydrogen) atoms. The number of carbonyl (C=O) groups is 2. The van der Waals surface area contributed by atoms with Crippen LogP contribution in [0.1, 0.15) is 27.3 Å². The topological polar surface area (TPSA) is 107 Å². The van der Waals surface area contributed by atoms with Crippen molar-refractivity contribution >= 4 is 23.2 Å². The van der Waals surface area contributed by atoms with Gasteiger partial charge in [0.25, 0.3) is 5.91 Å². The highest BCUT2D eigenvalue weighted by Gasteiger charge is 2.20. The third-order valence-electron chi connectivity index (χ3n) is 4.87. The third-order valence-corrected chi connectivity index (χ3v) is 4.87. The van der Waals surface area contributed by atoms with Crippen molar-refractivity contribution in [2.24, 2.45) is 0 Å². The van der Waals surface area contributed by atoms with Crippen LogP contribution in [-0.4, -0.2) is 33.6 Å². The van der Waals surface area contributed by atoms with Crippen LogP contribution in [0.15, 0.2) is 36.4 Å². The molecule has 1 aromatic heterocycles. The Morgan fingerprint density at radius 2 is 1.77 bits per heavy atom. The average molecular weight is 407 g/mol. The van der Waals surface area contributed by atoms with Crippen molar-refractivity contribution in [3.05, 3.63) is 58.9 Å². The number of anilines is 2. The number of para-hydroxylation sites is 1. The van der Waals surface area contributed by atoms with Gasteiger partial charge in [-0.3, -0.25) is 9.59 Å². The molecular weight excluding hydrogens is 386 g/mol. The fraction of sp³-hybridized carbons (Fsp3) is 0.238. The van der Waals surface area contributed by atoms with E-state index in [0.717, 1.165) is 16.8 Å². The van der Waals surface area contributed by atoms with Crippen molar-refractivity contribution in [2.45, 2.75) is 27.3 Å². The molecule has 0 fully saturated rings. The van der Waals surface area contributed by atoms with Crippen LogP contribution in [-0.2, 0) is 11.3 Å². The first kappa shape index (κ1) is 19.4. The van der Waals surface area contributed by atoms with Gasteiger partial charge in [-0.15, -0.1) is 5.10 Å². The molecule has 154 valence electrons. The zero-order valence-corrected chi connectivity index (χ0v) is 16.9. The molecule has 0 saturated heterocycles. The SMILES string of the molecule is Cc1cccc(C)c1NC(=O)c1nnn(CC(=O)Nc2ccc3c(c2)OCO3)c1C. The molecule has 9 nitrogen and oxygen atoms in total. The Labute approximate surface area is 173 Å². The number of rotatable bonds is 5. The molecule has 2 heterocycles. The van der Waals surface area contributed by atoms with E-state index in [4.69, 9.17) is 9.47 Å². The van der Waals surface area contributed by atoms with E-state index >= 15 is 0 Å². The Hall–Kier alpha value is -3.88. The van der Waals surface area contributed by atoms with Crippen molar-refractivity contribution in [3.63, 3.8) is 0 Å². The molecule has 2 N–H and O–H groups in total. The molecule has 2 aromatic carbocycles. The molecule has 1 aliphatic rings. The maximum absolute atomic E-state index is 12.7. The summed E-state index contributed by atoms with van der Waals surface area (Å²) in [4.78, 5) is 25.1. The number of ether oxygens (including phenoxy) is 2. The number of aromatic nitrogens is 3. The first-order chi connectivity index (χ1) is 14.4. The van der Waals surface area contributed by atoms with Crippen LogP contribution in [0.5, 0.6) is 11.5 Å². The van der Waals surface area contributed by atoms with Crippen LogP contribution in [0.25, 0.3) is 0 Å². The van der Waals surface area contributed by atoms with Crippen molar-refractivity contribution in [2.75, 3.05) is 17.4 Å². The van der Waals surface area contributed by atoms with Crippen LogP contribution in [0.4, 0.5) is 11.4 Å². The molecule has 0 bridgehead atoms. The Kier molecular flexibility index (Phi) is 5.09. The molecule has 4 rings (SSSR count). The zero-order chi connectivity index (χ0) is 21.3. The fourth-order valence-electron chi connectivity index (χ4n) is 3.22. The standard InChI is InChI=1S/C21H21N5O4/c1-12-5-4-6-13(2)19(12)23-21(28)20-14(3)26(25-24-20)10-18(27)22-15-7-8-16-17(9-15)30-11-29-16/h4-9H,10-11H2,1-3H3,(H,22,27)(H,23,28). The van der Waals surface area contributed by atoms with Gasteiger partial charge in [-0.1, -0.05) is 23.4 Å². The van der Waals surface area contributed by atoms with Gasteiger partial charge in [-0.25, -0.2) is 4.68 Å². The number of carbonyl (C=O) groups excluding carboxylic acids is 2. The second-order valence-corrected chi connectivity index (χ2v) is 7.02. The van der Waals surface area contributed by atoms with E-state index in [1.54, 1.807) is 25.1 Å². The summed E-state index contributed by atoms with van der Waals surface area (Å²) in [6, 6.07) is 10.9. The lowest BCUT2D eigenvalue weighted by Gasteiger charge is -2.10. The number of hydrogen-bond acceptors (Lipinski definition) is 6. The summed E-state index contributed by atoms with van der Waals surface area (Å²) in [6.45, 7) is 5.63.